The van der Waals surface area contributed by atoms with E-state index in [-0.39, 0.29) is 0 Å². The lowest BCUT2D eigenvalue weighted by Crippen LogP contribution is -2.43. The summed E-state index contributed by atoms with van der Waals surface area (Å²) in [6.07, 6.45) is 2.59. The lowest BCUT2D eigenvalue weighted by molar-refractivity contribution is -0.153. The Morgan fingerprint density at radius 2 is 2.24 bits per heavy atom. The molecule has 1 aliphatic rings. The Morgan fingerprint density at radius 1 is 1.53 bits per heavy atom. The van der Waals surface area contributed by atoms with Crippen LogP contribution in [0.25, 0.3) is 0 Å². The molecule has 1 aliphatic carbocycles. The third-order valence-corrected chi connectivity index (χ3v) is 4.06. The van der Waals surface area contributed by atoms with Crippen molar-refractivity contribution in [2.45, 2.75) is 26.2 Å². The fourth-order valence-electron chi connectivity index (χ4n) is 2.16. The molecule has 1 fully saturated rings. The minimum atomic E-state index is -0.675. The summed E-state index contributed by atoms with van der Waals surface area (Å²) in [7, 11) is 0. The van der Waals surface area contributed by atoms with Crippen LogP contribution in [-0.2, 0) is 4.79 Å². The Labute approximate surface area is 109 Å². The molecular formula is C13H16BrNO2. The zero-order valence-electron chi connectivity index (χ0n) is 9.79. The van der Waals surface area contributed by atoms with Crippen LogP contribution in [-0.4, -0.2) is 17.6 Å². The van der Waals surface area contributed by atoms with Crippen molar-refractivity contribution in [3.8, 4) is 0 Å². The van der Waals surface area contributed by atoms with Crippen molar-refractivity contribution < 1.29 is 9.90 Å². The van der Waals surface area contributed by atoms with Crippen molar-refractivity contribution in [2.75, 3.05) is 11.9 Å². The fraction of sp³-hybridized carbons (Fsp3) is 0.462. The SMILES string of the molecule is Cc1cc(Br)ccc1NCC1(C(=O)O)CCC1. The number of hydrogen-bond donors (Lipinski definition) is 2. The van der Waals surface area contributed by atoms with Gasteiger partial charge in [0.05, 0.1) is 5.41 Å². The maximum absolute atomic E-state index is 11.2. The predicted molar refractivity (Wildman–Crippen MR) is 71.3 cm³/mol. The summed E-state index contributed by atoms with van der Waals surface area (Å²) in [6.45, 7) is 2.53. The van der Waals surface area contributed by atoms with Gasteiger partial charge in [0.2, 0.25) is 0 Å². The van der Waals surface area contributed by atoms with E-state index in [1.165, 1.54) is 0 Å². The molecule has 92 valence electrons. The van der Waals surface area contributed by atoms with Gasteiger partial charge >= 0.3 is 5.97 Å². The number of carbonyl (C=O) groups is 1. The first-order valence-corrected chi connectivity index (χ1v) is 6.56. The number of carboxylic acids is 1. The lowest BCUT2D eigenvalue weighted by Gasteiger charge is -2.38. The van der Waals surface area contributed by atoms with E-state index in [1.54, 1.807) is 0 Å². The summed E-state index contributed by atoms with van der Waals surface area (Å²) in [5.74, 6) is -0.675. The standard InChI is InChI=1S/C13H16BrNO2/c1-9-7-10(14)3-4-11(9)15-8-13(12(16)17)5-2-6-13/h3-4,7,15H,2,5-6,8H2,1H3,(H,16,17). The Hall–Kier alpha value is -1.03. The van der Waals surface area contributed by atoms with Crippen molar-refractivity contribution >= 4 is 27.6 Å². The molecule has 0 saturated heterocycles. The zero-order valence-corrected chi connectivity index (χ0v) is 11.4. The molecule has 2 N–H and O–H groups in total. The summed E-state index contributed by atoms with van der Waals surface area (Å²) < 4.78 is 1.04. The highest BCUT2D eigenvalue weighted by atomic mass is 79.9. The van der Waals surface area contributed by atoms with Gasteiger partial charge in [-0.2, -0.15) is 0 Å². The van der Waals surface area contributed by atoms with Gasteiger partial charge in [0.15, 0.2) is 0 Å². The Bertz CT molecular complexity index is 441. The first-order valence-electron chi connectivity index (χ1n) is 5.77. The smallest absolute Gasteiger partial charge is 0.311 e. The highest BCUT2D eigenvalue weighted by molar-refractivity contribution is 9.10. The summed E-state index contributed by atoms with van der Waals surface area (Å²) in [5.41, 5.74) is 1.60. The Balaban J connectivity index is 2.04. The van der Waals surface area contributed by atoms with E-state index in [1.807, 2.05) is 25.1 Å². The van der Waals surface area contributed by atoms with E-state index in [2.05, 4.69) is 21.2 Å². The topological polar surface area (TPSA) is 49.3 Å². The normalized spacial score (nSPS) is 17.3. The van der Waals surface area contributed by atoms with E-state index in [0.29, 0.717) is 6.54 Å². The first kappa shape index (κ1) is 12.4. The summed E-state index contributed by atoms with van der Waals surface area (Å²) in [4.78, 5) is 11.2. The van der Waals surface area contributed by atoms with Gasteiger partial charge in [-0.05, 0) is 43.5 Å². The lowest BCUT2D eigenvalue weighted by atomic mass is 9.69. The molecule has 3 nitrogen and oxygen atoms in total. The average Bonchev–Trinajstić information content (AvgIpc) is 2.18. The highest BCUT2D eigenvalue weighted by Gasteiger charge is 2.44. The number of aryl methyl sites for hydroxylation is 1. The molecule has 1 aromatic carbocycles. The van der Waals surface area contributed by atoms with Gasteiger partial charge in [-0.1, -0.05) is 22.4 Å². The molecule has 1 aromatic rings. The van der Waals surface area contributed by atoms with Gasteiger partial charge in [-0.25, -0.2) is 0 Å². The van der Waals surface area contributed by atoms with Crippen LogP contribution < -0.4 is 5.32 Å². The summed E-state index contributed by atoms with van der Waals surface area (Å²) in [6, 6.07) is 5.97. The third kappa shape index (κ3) is 2.46. The molecule has 1 saturated carbocycles. The molecule has 0 amide bonds. The molecule has 0 atom stereocenters. The summed E-state index contributed by atoms with van der Waals surface area (Å²) in [5, 5.41) is 12.5. The number of nitrogens with one attached hydrogen (secondary N) is 1. The number of hydrogen-bond acceptors (Lipinski definition) is 2. The van der Waals surface area contributed by atoms with Gasteiger partial charge in [-0.15, -0.1) is 0 Å². The minimum absolute atomic E-state index is 0.519. The first-order chi connectivity index (χ1) is 8.03. The predicted octanol–water partition coefficient (Wildman–Crippen LogP) is 3.42. The van der Waals surface area contributed by atoms with Crippen LogP contribution in [0, 0.1) is 12.3 Å². The van der Waals surface area contributed by atoms with Gasteiger partial charge in [0.1, 0.15) is 0 Å². The number of benzene rings is 1. The molecular weight excluding hydrogens is 282 g/mol. The molecule has 0 spiro atoms. The van der Waals surface area contributed by atoms with Crippen molar-refractivity contribution in [2.24, 2.45) is 5.41 Å². The molecule has 2 rings (SSSR count). The maximum atomic E-state index is 11.2. The molecule has 0 aliphatic heterocycles. The van der Waals surface area contributed by atoms with E-state index in [0.717, 1.165) is 35.0 Å². The number of anilines is 1. The molecule has 17 heavy (non-hydrogen) atoms. The van der Waals surface area contributed by atoms with E-state index in [9.17, 15) is 9.90 Å². The molecule has 0 aromatic heterocycles. The molecule has 4 heteroatoms. The Kier molecular flexibility index (Phi) is 3.43. The van der Waals surface area contributed by atoms with E-state index >= 15 is 0 Å². The maximum Gasteiger partial charge on any atom is 0.311 e. The van der Waals surface area contributed by atoms with Crippen LogP contribution in [0.1, 0.15) is 24.8 Å². The van der Waals surface area contributed by atoms with Crippen molar-refractivity contribution in [1.29, 1.82) is 0 Å². The Morgan fingerprint density at radius 3 is 2.71 bits per heavy atom. The second kappa shape index (κ2) is 4.69. The number of aliphatic carboxylic acids is 1. The monoisotopic (exact) mass is 297 g/mol. The van der Waals surface area contributed by atoms with Crippen molar-refractivity contribution in [3.05, 3.63) is 28.2 Å². The van der Waals surface area contributed by atoms with Crippen LogP contribution in [0.3, 0.4) is 0 Å². The van der Waals surface area contributed by atoms with Gasteiger partial charge < -0.3 is 10.4 Å². The quantitative estimate of drug-likeness (QED) is 0.895. The highest BCUT2D eigenvalue weighted by Crippen LogP contribution is 2.41. The van der Waals surface area contributed by atoms with Crippen LogP contribution in [0.2, 0.25) is 0 Å². The number of carboxylic acid groups (broad SMARTS) is 1. The van der Waals surface area contributed by atoms with E-state index < -0.39 is 11.4 Å². The van der Waals surface area contributed by atoms with Crippen LogP contribution in [0.15, 0.2) is 22.7 Å². The average molecular weight is 298 g/mol. The van der Waals surface area contributed by atoms with Crippen LogP contribution in [0.4, 0.5) is 5.69 Å². The largest absolute Gasteiger partial charge is 0.481 e. The molecule has 0 heterocycles. The van der Waals surface area contributed by atoms with Crippen LogP contribution >= 0.6 is 15.9 Å². The third-order valence-electron chi connectivity index (χ3n) is 3.57. The number of halogens is 1. The fourth-order valence-corrected chi connectivity index (χ4v) is 2.64. The second-order valence-electron chi connectivity index (χ2n) is 4.75. The van der Waals surface area contributed by atoms with Gasteiger partial charge in [0.25, 0.3) is 0 Å². The van der Waals surface area contributed by atoms with Gasteiger partial charge in [0, 0.05) is 16.7 Å². The molecule has 0 radical (unpaired) electrons. The van der Waals surface area contributed by atoms with E-state index in [4.69, 9.17) is 0 Å². The van der Waals surface area contributed by atoms with Crippen molar-refractivity contribution in [1.82, 2.24) is 0 Å². The second-order valence-corrected chi connectivity index (χ2v) is 5.67. The number of rotatable bonds is 4. The minimum Gasteiger partial charge on any atom is -0.481 e. The zero-order chi connectivity index (χ0) is 12.5. The summed E-state index contributed by atoms with van der Waals surface area (Å²) >= 11 is 3.41. The van der Waals surface area contributed by atoms with Gasteiger partial charge in [-0.3, -0.25) is 4.79 Å². The molecule has 0 unspecified atom stereocenters. The van der Waals surface area contributed by atoms with Crippen molar-refractivity contribution in [3.63, 3.8) is 0 Å². The van der Waals surface area contributed by atoms with Crippen LogP contribution in [0.5, 0.6) is 0 Å². The molecule has 0 bridgehead atoms.